The van der Waals surface area contributed by atoms with Crippen LogP contribution in [0, 0.1) is 0 Å². The molecule has 2 aliphatic heterocycles. The second-order valence-corrected chi connectivity index (χ2v) is 5.22. The van der Waals surface area contributed by atoms with Gasteiger partial charge in [0, 0.05) is 32.5 Å². The van der Waals surface area contributed by atoms with Gasteiger partial charge in [0.05, 0.1) is 13.2 Å². The Morgan fingerprint density at radius 1 is 1.00 bits per heavy atom. The second-order valence-electron chi connectivity index (χ2n) is 5.22. The molecule has 1 aromatic carbocycles. The van der Waals surface area contributed by atoms with Crippen LogP contribution in [0.4, 0.5) is 0 Å². The van der Waals surface area contributed by atoms with Crippen LogP contribution in [-0.4, -0.2) is 37.0 Å². The van der Waals surface area contributed by atoms with Crippen molar-refractivity contribution in [2.75, 3.05) is 26.3 Å². The van der Waals surface area contributed by atoms with E-state index in [-0.39, 0.29) is 5.79 Å². The van der Waals surface area contributed by atoms with Crippen LogP contribution in [0.2, 0.25) is 0 Å². The van der Waals surface area contributed by atoms with E-state index < -0.39 is 0 Å². The van der Waals surface area contributed by atoms with Crippen LogP contribution < -0.4 is 0 Å². The normalized spacial score (nSPS) is 24.2. The van der Waals surface area contributed by atoms with E-state index in [1.54, 1.807) is 0 Å². The number of rotatable bonds is 2. The van der Waals surface area contributed by atoms with Crippen LogP contribution in [0.5, 0.6) is 0 Å². The number of piperidine rings is 1. The monoisotopic (exact) mass is 247 g/mol. The number of hydrogen-bond acceptors (Lipinski definition) is 3. The van der Waals surface area contributed by atoms with E-state index >= 15 is 0 Å². The van der Waals surface area contributed by atoms with Gasteiger partial charge in [-0.3, -0.25) is 4.90 Å². The molecule has 2 heterocycles. The van der Waals surface area contributed by atoms with Gasteiger partial charge in [0.1, 0.15) is 0 Å². The van der Waals surface area contributed by atoms with E-state index in [2.05, 4.69) is 35.2 Å². The van der Waals surface area contributed by atoms with E-state index in [1.165, 1.54) is 5.56 Å². The smallest absolute Gasteiger partial charge is 0.170 e. The molecule has 0 amide bonds. The Hall–Kier alpha value is -0.900. The quantitative estimate of drug-likeness (QED) is 0.801. The van der Waals surface area contributed by atoms with Gasteiger partial charge >= 0.3 is 0 Å². The zero-order valence-corrected chi connectivity index (χ0v) is 10.8. The lowest BCUT2D eigenvalue weighted by Gasteiger charge is -2.43. The molecule has 1 aromatic rings. The van der Waals surface area contributed by atoms with Crippen molar-refractivity contribution in [2.45, 2.75) is 31.6 Å². The molecule has 0 saturated carbocycles. The van der Waals surface area contributed by atoms with Gasteiger partial charge in [-0.05, 0) is 12.0 Å². The molecule has 0 unspecified atom stereocenters. The predicted octanol–water partition coefficient (Wildman–Crippen LogP) is 2.42. The number of hydrogen-bond donors (Lipinski definition) is 0. The summed E-state index contributed by atoms with van der Waals surface area (Å²) in [5.74, 6) is -0.258. The van der Waals surface area contributed by atoms with Crippen LogP contribution in [0.1, 0.15) is 24.8 Å². The summed E-state index contributed by atoms with van der Waals surface area (Å²) in [5.41, 5.74) is 1.39. The molecule has 2 fully saturated rings. The van der Waals surface area contributed by atoms with E-state index in [1.807, 2.05) is 0 Å². The molecular weight excluding hydrogens is 226 g/mol. The van der Waals surface area contributed by atoms with Gasteiger partial charge in [-0.2, -0.15) is 0 Å². The van der Waals surface area contributed by atoms with Crippen LogP contribution >= 0.6 is 0 Å². The van der Waals surface area contributed by atoms with Gasteiger partial charge in [-0.25, -0.2) is 0 Å². The summed E-state index contributed by atoms with van der Waals surface area (Å²) >= 11 is 0. The topological polar surface area (TPSA) is 21.7 Å². The van der Waals surface area contributed by atoms with E-state index in [0.717, 1.165) is 52.1 Å². The Labute approximate surface area is 109 Å². The molecule has 0 bridgehead atoms. The summed E-state index contributed by atoms with van der Waals surface area (Å²) in [6.45, 7) is 4.89. The molecule has 98 valence electrons. The Bertz CT molecular complexity index is 363. The maximum absolute atomic E-state index is 5.86. The lowest BCUT2D eigenvalue weighted by atomic mass is 10.0. The average Bonchev–Trinajstić information content (AvgIpc) is 2.44. The summed E-state index contributed by atoms with van der Waals surface area (Å²) in [6, 6.07) is 10.7. The summed E-state index contributed by atoms with van der Waals surface area (Å²) in [6.07, 6.45) is 3.04. The van der Waals surface area contributed by atoms with Crippen LogP contribution in [0.3, 0.4) is 0 Å². The van der Waals surface area contributed by atoms with Crippen LogP contribution in [-0.2, 0) is 16.0 Å². The third-order valence-electron chi connectivity index (χ3n) is 3.89. The molecule has 2 aliphatic rings. The van der Waals surface area contributed by atoms with Crippen molar-refractivity contribution in [1.29, 1.82) is 0 Å². The van der Waals surface area contributed by atoms with Crippen molar-refractivity contribution in [3.63, 3.8) is 0 Å². The van der Waals surface area contributed by atoms with Gasteiger partial charge < -0.3 is 9.47 Å². The first-order valence-corrected chi connectivity index (χ1v) is 6.91. The van der Waals surface area contributed by atoms with Crippen LogP contribution in [0.15, 0.2) is 30.3 Å². The Balaban J connectivity index is 1.54. The molecular formula is C15H21NO2. The minimum absolute atomic E-state index is 0.258. The highest BCUT2D eigenvalue weighted by atomic mass is 16.7. The third kappa shape index (κ3) is 2.74. The molecule has 0 radical (unpaired) electrons. The van der Waals surface area contributed by atoms with Gasteiger partial charge in [-0.15, -0.1) is 0 Å². The molecule has 18 heavy (non-hydrogen) atoms. The lowest BCUT2D eigenvalue weighted by Crippen LogP contribution is -2.49. The van der Waals surface area contributed by atoms with Crippen molar-refractivity contribution < 1.29 is 9.47 Å². The summed E-state index contributed by atoms with van der Waals surface area (Å²) in [4.78, 5) is 2.49. The molecule has 0 aromatic heterocycles. The molecule has 1 spiro atoms. The number of likely N-dealkylation sites (tertiary alicyclic amines) is 1. The highest BCUT2D eigenvalue weighted by Crippen LogP contribution is 2.31. The minimum Gasteiger partial charge on any atom is -0.350 e. The highest BCUT2D eigenvalue weighted by molar-refractivity contribution is 5.14. The number of ether oxygens (including phenoxy) is 2. The Kier molecular flexibility index (Phi) is 3.64. The van der Waals surface area contributed by atoms with Crippen molar-refractivity contribution in [1.82, 2.24) is 4.90 Å². The molecule has 0 atom stereocenters. The third-order valence-corrected chi connectivity index (χ3v) is 3.89. The molecule has 2 saturated heterocycles. The first-order chi connectivity index (χ1) is 8.86. The van der Waals surface area contributed by atoms with Crippen molar-refractivity contribution in [2.24, 2.45) is 0 Å². The summed E-state index contributed by atoms with van der Waals surface area (Å²) in [5, 5.41) is 0. The summed E-state index contributed by atoms with van der Waals surface area (Å²) < 4.78 is 11.7. The fraction of sp³-hybridized carbons (Fsp3) is 0.600. The minimum atomic E-state index is -0.258. The maximum Gasteiger partial charge on any atom is 0.170 e. The van der Waals surface area contributed by atoms with Gasteiger partial charge in [-0.1, -0.05) is 30.3 Å². The van der Waals surface area contributed by atoms with Crippen molar-refractivity contribution in [3.8, 4) is 0 Å². The van der Waals surface area contributed by atoms with Gasteiger partial charge in [0.2, 0.25) is 0 Å². The van der Waals surface area contributed by atoms with E-state index in [0.29, 0.717) is 0 Å². The first-order valence-electron chi connectivity index (χ1n) is 6.91. The maximum atomic E-state index is 5.86. The predicted molar refractivity (Wildman–Crippen MR) is 70.2 cm³/mol. The molecule has 0 aliphatic carbocycles. The molecule has 3 nitrogen and oxygen atoms in total. The average molecular weight is 247 g/mol. The molecule has 3 heteroatoms. The SMILES string of the molecule is c1ccc(CN2CCC3(CC2)OCCCO3)cc1. The van der Waals surface area contributed by atoms with Gasteiger partial charge in [0.15, 0.2) is 5.79 Å². The van der Waals surface area contributed by atoms with Gasteiger partial charge in [0.25, 0.3) is 0 Å². The molecule has 3 rings (SSSR count). The highest BCUT2D eigenvalue weighted by Gasteiger charge is 2.38. The van der Waals surface area contributed by atoms with Crippen LogP contribution in [0.25, 0.3) is 0 Å². The number of benzene rings is 1. The zero-order valence-electron chi connectivity index (χ0n) is 10.8. The van der Waals surface area contributed by atoms with E-state index in [9.17, 15) is 0 Å². The first kappa shape index (κ1) is 12.2. The lowest BCUT2D eigenvalue weighted by molar-refractivity contribution is -0.284. The summed E-state index contributed by atoms with van der Waals surface area (Å²) in [7, 11) is 0. The molecule has 0 N–H and O–H groups in total. The van der Waals surface area contributed by atoms with Crippen molar-refractivity contribution in [3.05, 3.63) is 35.9 Å². The zero-order chi connectivity index (χ0) is 12.3. The Morgan fingerprint density at radius 3 is 2.33 bits per heavy atom. The fourth-order valence-electron chi connectivity index (χ4n) is 2.80. The van der Waals surface area contributed by atoms with Crippen molar-refractivity contribution >= 4 is 0 Å². The number of nitrogens with zero attached hydrogens (tertiary/aromatic N) is 1. The largest absolute Gasteiger partial charge is 0.350 e. The standard InChI is InChI=1S/C15H21NO2/c1-2-5-14(6-3-1)13-16-9-7-15(8-10-16)17-11-4-12-18-15/h1-3,5-6H,4,7-13H2. The fourth-order valence-corrected chi connectivity index (χ4v) is 2.80. The Morgan fingerprint density at radius 2 is 1.67 bits per heavy atom. The van der Waals surface area contributed by atoms with E-state index in [4.69, 9.17) is 9.47 Å². The second kappa shape index (κ2) is 5.39.